The second kappa shape index (κ2) is 5.00. The Morgan fingerprint density at radius 1 is 1.10 bits per heavy atom. The van der Waals surface area contributed by atoms with Gasteiger partial charge in [-0.1, -0.05) is 0 Å². The van der Waals surface area contributed by atoms with Crippen LogP contribution in [-0.2, 0) is 0 Å². The number of aromatic nitrogens is 3. The highest BCUT2D eigenvalue weighted by Gasteiger charge is 2.41. The topological polar surface area (TPSA) is 30.2 Å². The number of nitrogens with zero attached hydrogens (tertiary/aromatic N) is 3. The Morgan fingerprint density at radius 3 is 2.38 bits per heavy atom. The van der Waals surface area contributed by atoms with Crippen molar-refractivity contribution in [1.29, 1.82) is 0 Å². The van der Waals surface area contributed by atoms with Gasteiger partial charge >= 0.3 is 6.18 Å². The number of hydrogen-bond acceptors (Lipinski definition) is 2. The maximum absolute atomic E-state index is 12.7. The Bertz CT molecular complexity index is 652. The zero-order valence-electron chi connectivity index (χ0n) is 12.1. The molecular weight excluding hydrogens is 279 g/mol. The van der Waals surface area contributed by atoms with E-state index in [1.54, 1.807) is 4.52 Å². The maximum atomic E-state index is 12.7. The second-order valence-electron chi connectivity index (χ2n) is 5.97. The molecule has 0 aromatic carbocycles. The molecule has 3 nitrogen and oxygen atoms in total. The molecule has 0 atom stereocenters. The standard InChI is InChI=1S/C15H18F3N3/c1-9-7-10(2)21-14(19-9)8-13(20-21)11-3-5-12(6-4-11)15(16,17)18/h7-8,11-12H,3-6H2,1-2H3. The van der Waals surface area contributed by atoms with Crippen molar-refractivity contribution in [3.8, 4) is 0 Å². The van der Waals surface area contributed by atoms with Gasteiger partial charge in [-0.2, -0.15) is 18.3 Å². The summed E-state index contributed by atoms with van der Waals surface area (Å²) in [5.74, 6) is -1.03. The summed E-state index contributed by atoms with van der Waals surface area (Å²) in [4.78, 5) is 4.43. The van der Waals surface area contributed by atoms with Gasteiger partial charge in [-0.05, 0) is 45.6 Å². The highest BCUT2D eigenvalue weighted by molar-refractivity contribution is 5.42. The fourth-order valence-corrected chi connectivity index (χ4v) is 3.22. The minimum absolute atomic E-state index is 0.116. The van der Waals surface area contributed by atoms with Gasteiger partial charge in [0.15, 0.2) is 5.65 Å². The summed E-state index contributed by atoms with van der Waals surface area (Å²) < 4.78 is 39.9. The van der Waals surface area contributed by atoms with Crippen molar-refractivity contribution in [2.45, 2.75) is 51.6 Å². The summed E-state index contributed by atoms with van der Waals surface area (Å²) in [7, 11) is 0. The molecule has 1 aliphatic carbocycles. The molecular formula is C15H18F3N3. The lowest BCUT2D eigenvalue weighted by Gasteiger charge is -2.28. The van der Waals surface area contributed by atoms with Crippen LogP contribution in [0.2, 0.25) is 0 Å². The Morgan fingerprint density at radius 2 is 1.76 bits per heavy atom. The van der Waals surface area contributed by atoms with Crippen molar-refractivity contribution in [3.05, 3.63) is 29.2 Å². The van der Waals surface area contributed by atoms with E-state index in [1.807, 2.05) is 26.0 Å². The Labute approximate surface area is 121 Å². The summed E-state index contributed by atoms with van der Waals surface area (Å²) in [5, 5.41) is 4.54. The van der Waals surface area contributed by atoms with Gasteiger partial charge in [0.05, 0.1) is 11.6 Å². The van der Waals surface area contributed by atoms with Crippen molar-refractivity contribution in [1.82, 2.24) is 14.6 Å². The number of fused-ring (bicyclic) bond motifs is 1. The largest absolute Gasteiger partial charge is 0.391 e. The first-order chi connectivity index (χ1) is 9.84. The zero-order valence-corrected chi connectivity index (χ0v) is 12.1. The molecule has 1 aliphatic rings. The average Bonchev–Trinajstić information content (AvgIpc) is 2.82. The predicted octanol–water partition coefficient (Wildman–Crippen LogP) is 4.18. The first-order valence-electron chi connectivity index (χ1n) is 7.25. The molecule has 2 heterocycles. The number of aryl methyl sites for hydroxylation is 2. The first kappa shape index (κ1) is 14.4. The van der Waals surface area contributed by atoms with Crippen LogP contribution in [0.5, 0.6) is 0 Å². The van der Waals surface area contributed by atoms with E-state index in [1.165, 1.54) is 0 Å². The van der Waals surface area contributed by atoms with Crippen molar-refractivity contribution in [2.24, 2.45) is 5.92 Å². The van der Waals surface area contributed by atoms with Gasteiger partial charge in [-0.3, -0.25) is 0 Å². The third-order valence-electron chi connectivity index (χ3n) is 4.36. The predicted molar refractivity (Wildman–Crippen MR) is 73.2 cm³/mol. The van der Waals surface area contributed by atoms with Gasteiger partial charge < -0.3 is 0 Å². The monoisotopic (exact) mass is 297 g/mol. The molecule has 0 amide bonds. The summed E-state index contributed by atoms with van der Waals surface area (Å²) in [6, 6.07) is 3.86. The highest BCUT2D eigenvalue weighted by atomic mass is 19.4. The molecule has 1 fully saturated rings. The van der Waals surface area contributed by atoms with E-state index in [0.29, 0.717) is 12.8 Å². The van der Waals surface area contributed by atoms with E-state index >= 15 is 0 Å². The summed E-state index contributed by atoms with van der Waals surface area (Å²) in [6.07, 6.45) is -2.56. The minimum Gasteiger partial charge on any atom is -0.234 e. The Hall–Kier alpha value is -1.59. The van der Waals surface area contributed by atoms with Crippen LogP contribution in [-0.4, -0.2) is 20.8 Å². The van der Waals surface area contributed by atoms with E-state index in [9.17, 15) is 13.2 Å². The lowest BCUT2D eigenvalue weighted by atomic mass is 9.80. The van der Waals surface area contributed by atoms with Gasteiger partial charge in [-0.25, -0.2) is 9.50 Å². The Balaban J connectivity index is 1.81. The number of alkyl halides is 3. The van der Waals surface area contributed by atoms with Crippen LogP contribution >= 0.6 is 0 Å². The van der Waals surface area contributed by atoms with Crippen molar-refractivity contribution in [2.75, 3.05) is 0 Å². The molecule has 0 saturated heterocycles. The van der Waals surface area contributed by atoms with Gasteiger partial charge in [0.2, 0.25) is 0 Å². The summed E-state index contributed by atoms with van der Waals surface area (Å²) in [5.41, 5.74) is 3.57. The van der Waals surface area contributed by atoms with E-state index in [4.69, 9.17) is 0 Å². The number of hydrogen-bond donors (Lipinski definition) is 0. The highest BCUT2D eigenvalue weighted by Crippen LogP contribution is 2.42. The van der Waals surface area contributed by atoms with Gasteiger partial charge in [-0.15, -0.1) is 0 Å². The lowest BCUT2D eigenvalue weighted by Crippen LogP contribution is -2.27. The smallest absolute Gasteiger partial charge is 0.234 e. The molecule has 0 aliphatic heterocycles. The molecule has 114 valence electrons. The summed E-state index contributed by atoms with van der Waals surface area (Å²) in [6.45, 7) is 3.88. The maximum Gasteiger partial charge on any atom is 0.391 e. The van der Waals surface area contributed by atoms with Crippen molar-refractivity contribution in [3.63, 3.8) is 0 Å². The van der Waals surface area contributed by atoms with Crippen LogP contribution in [0.15, 0.2) is 12.1 Å². The molecule has 1 saturated carbocycles. The van der Waals surface area contributed by atoms with Gasteiger partial charge in [0.1, 0.15) is 0 Å². The second-order valence-corrected chi connectivity index (χ2v) is 5.97. The third-order valence-corrected chi connectivity index (χ3v) is 4.36. The number of rotatable bonds is 1. The van der Waals surface area contributed by atoms with Crippen molar-refractivity contribution >= 4 is 5.65 Å². The minimum atomic E-state index is -4.06. The van der Waals surface area contributed by atoms with E-state index in [-0.39, 0.29) is 18.8 Å². The van der Waals surface area contributed by atoms with Crippen LogP contribution in [0, 0.1) is 19.8 Å². The third kappa shape index (κ3) is 2.76. The molecule has 6 heteroatoms. The van der Waals surface area contributed by atoms with Crippen molar-refractivity contribution < 1.29 is 13.2 Å². The fraction of sp³-hybridized carbons (Fsp3) is 0.600. The van der Waals surface area contributed by atoms with Gasteiger partial charge in [0.25, 0.3) is 0 Å². The molecule has 3 rings (SSSR count). The van der Waals surface area contributed by atoms with E-state index in [0.717, 1.165) is 22.7 Å². The molecule has 0 N–H and O–H groups in total. The zero-order chi connectivity index (χ0) is 15.2. The first-order valence-corrected chi connectivity index (χ1v) is 7.25. The van der Waals surface area contributed by atoms with Crippen LogP contribution < -0.4 is 0 Å². The van der Waals surface area contributed by atoms with Crippen LogP contribution in [0.1, 0.15) is 48.7 Å². The lowest BCUT2D eigenvalue weighted by molar-refractivity contribution is -0.182. The Kier molecular flexibility index (Phi) is 3.42. The molecule has 0 bridgehead atoms. The molecule has 0 unspecified atom stereocenters. The molecule has 0 spiro atoms. The van der Waals surface area contributed by atoms with E-state index in [2.05, 4.69) is 10.1 Å². The molecule has 0 radical (unpaired) electrons. The van der Waals surface area contributed by atoms with Crippen LogP contribution in [0.25, 0.3) is 5.65 Å². The molecule has 2 aromatic rings. The molecule has 2 aromatic heterocycles. The normalized spacial score (nSPS) is 23.7. The molecule has 21 heavy (non-hydrogen) atoms. The summed E-state index contributed by atoms with van der Waals surface area (Å²) >= 11 is 0. The SMILES string of the molecule is Cc1cc(C)n2nc(C3CCC(C(F)(F)F)CC3)cc2n1. The fourth-order valence-electron chi connectivity index (χ4n) is 3.22. The van der Waals surface area contributed by atoms with Crippen LogP contribution in [0.3, 0.4) is 0 Å². The van der Waals surface area contributed by atoms with Gasteiger partial charge in [0, 0.05) is 23.4 Å². The van der Waals surface area contributed by atoms with Crippen LogP contribution in [0.4, 0.5) is 13.2 Å². The number of halogens is 3. The quantitative estimate of drug-likeness (QED) is 0.790. The average molecular weight is 297 g/mol. The van der Waals surface area contributed by atoms with E-state index < -0.39 is 12.1 Å².